The number of aromatic nitrogens is 6. The second kappa shape index (κ2) is 21.8. The molecule has 0 saturated carbocycles. The monoisotopic (exact) mass is 1000 g/mol. The van der Waals surface area contributed by atoms with Crippen molar-refractivity contribution >= 4 is 58.6 Å². The molecule has 73 heavy (non-hydrogen) atoms. The predicted molar refractivity (Wildman–Crippen MR) is 265 cm³/mol. The lowest BCUT2D eigenvalue weighted by Gasteiger charge is -2.35. The van der Waals surface area contributed by atoms with Gasteiger partial charge in [-0.05, 0) is 97.1 Å². The first-order valence-corrected chi connectivity index (χ1v) is 23.7. The summed E-state index contributed by atoms with van der Waals surface area (Å²) in [7, 11) is 0. The number of carbonyl (C=O) groups excluding carboxylic acids is 2. The normalized spacial score (nSPS) is 16.5. The third kappa shape index (κ3) is 11.6. The fourth-order valence-electron chi connectivity index (χ4n) is 8.38. The van der Waals surface area contributed by atoms with Gasteiger partial charge in [0, 0.05) is 74.9 Å². The van der Waals surface area contributed by atoms with Crippen molar-refractivity contribution in [3.05, 3.63) is 103 Å². The number of phenolic OH excluding ortho intramolecular Hbond substituents is 1. The molecule has 4 aliphatic heterocycles. The number of hydrogen-bond acceptors (Lipinski definition) is 17. The van der Waals surface area contributed by atoms with Gasteiger partial charge in [0.05, 0.1) is 69.8 Å². The van der Waals surface area contributed by atoms with Crippen molar-refractivity contribution in [1.29, 1.82) is 0 Å². The standard InChI is InChI=1S/C49H51F3N14O7/c50-49(51,52)35-5-7-36(8-6-35)53-47(68)65(38-11-1-33(2-12-38)41-55-43(61-17-25-70-26-18-61)59-44(56-41)62-19-27-71-28-20-62)66(48(69)54-37-9-15-40(67)16-10-37)39-13-3-34(4-14-39)42-57-45(63-21-29-72-30-22-63)60-46(58-42)64-23-31-73-32-24-64/h1-16,67H,17-32H2,(H,53,68)(H,54,69). The minimum absolute atomic E-state index is 0.0207. The second-order valence-corrected chi connectivity index (χ2v) is 17.1. The number of carbonyl (C=O) groups is 2. The van der Waals surface area contributed by atoms with E-state index in [0.29, 0.717) is 152 Å². The van der Waals surface area contributed by atoms with Crippen LogP contribution in [0.25, 0.3) is 22.8 Å². The Morgan fingerprint density at radius 3 is 1.05 bits per heavy atom. The fraction of sp³-hybridized carbons (Fsp3) is 0.347. The van der Waals surface area contributed by atoms with Crippen LogP contribution in [0.15, 0.2) is 97.1 Å². The summed E-state index contributed by atoms with van der Waals surface area (Å²) >= 11 is 0. The topological polar surface area (TPSA) is 212 Å². The molecule has 21 nitrogen and oxygen atoms in total. The SMILES string of the molecule is O=C(Nc1ccc(O)cc1)N(c1ccc(-c2nc(N3CCOCC3)nc(N3CCOCC3)n2)cc1)N(C(=O)Nc1ccc(C(F)(F)F)cc1)c1ccc(-c2nc(N3CCOCC3)nc(N3CCOCC3)n2)cc1. The number of benzene rings is 4. The average molecular weight is 1010 g/mol. The highest BCUT2D eigenvalue weighted by atomic mass is 19.4. The van der Waals surface area contributed by atoms with Crippen LogP contribution < -0.4 is 40.3 Å². The molecular formula is C49H51F3N14O7. The zero-order valence-electron chi connectivity index (χ0n) is 39.4. The quantitative estimate of drug-likeness (QED) is 0.104. The largest absolute Gasteiger partial charge is 0.508 e. The molecule has 3 N–H and O–H groups in total. The van der Waals surface area contributed by atoms with Crippen LogP contribution in [0.1, 0.15) is 5.56 Å². The molecule has 0 bridgehead atoms. The zero-order chi connectivity index (χ0) is 50.3. The van der Waals surface area contributed by atoms with Crippen molar-refractivity contribution < 1.29 is 46.8 Å². The van der Waals surface area contributed by atoms with Gasteiger partial charge < -0.3 is 54.3 Å². The molecule has 6 heterocycles. The smallest absolute Gasteiger partial charge is 0.416 e. The van der Waals surface area contributed by atoms with E-state index in [0.717, 1.165) is 34.3 Å². The van der Waals surface area contributed by atoms with Gasteiger partial charge in [-0.3, -0.25) is 0 Å². The summed E-state index contributed by atoms with van der Waals surface area (Å²) in [4.78, 5) is 67.0. The third-order valence-electron chi connectivity index (χ3n) is 12.3. The van der Waals surface area contributed by atoms with Crippen LogP contribution in [-0.4, -0.2) is 152 Å². The minimum Gasteiger partial charge on any atom is -0.508 e. The van der Waals surface area contributed by atoms with Crippen LogP contribution in [0.3, 0.4) is 0 Å². The van der Waals surface area contributed by atoms with Gasteiger partial charge in [-0.15, -0.1) is 0 Å². The Balaban J connectivity index is 1.05. The molecule has 6 aromatic rings. The molecule has 0 aliphatic carbocycles. The number of anilines is 8. The Kier molecular flexibility index (Phi) is 14.6. The molecule has 0 spiro atoms. The van der Waals surface area contributed by atoms with E-state index < -0.39 is 23.8 Å². The minimum atomic E-state index is -4.62. The van der Waals surface area contributed by atoms with Gasteiger partial charge in [0.25, 0.3) is 0 Å². The van der Waals surface area contributed by atoms with Crippen LogP contribution in [0.5, 0.6) is 5.75 Å². The Hall–Kier alpha value is -7.93. The molecule has 0 radical (unpaired) electrons. The Morgan fingerprint density at radius 1 is 0.452 bits per heavy atom. The highest BCUT2D eigenvalue weighted by Crippen LogP contribution is 2.33. The van der Waals surface area contributed by atoms with Crippen molar-refractivity contribution in [2.24, 2.45) is 0 Å². The predicted octanol–water partition coefficient (Wildman–Crippen LogP) is 6.15. The number of alkyl halides is 3. The number of aromatic hydroxyl groups is 1. The first-order chi connectivity index (χ1) is 35.5. The number of hydrazine groups is 1. The van der Waals surface area contributed by atoms with E-state index in [-0.39, 0.29) is 28.5 Å². The maximum absolute atomic E-state index is 14.9. The molecule has 0 atom stereocenters. The van der Waals surface area contributed by atoms with Crippen LogP contribution >= 0.6 is 0 Å². The van der Waals surface area contributed by atoms with Crippen LogP contribution in [-0.2, 0) is 25.1 Å². The van der Waals surface area contributed by atoms with Crippen LogP contribution in [0, 0.1) is 0 Å². The lowest BCUT2D eigenvalue weighted by Crippen LogP contribution is -2.53. The van der Waals surface area contributed by atoms with E-state index in [1.165, 1.54) is 24.3 Å². The highest BCUT2D eigenvalue weighted by Gasteiger charge is 2.33. The molecule has 24 heteroatoms. The molecule has 0 unspecified atom stereocenters. The summed E-state index contributed by atoms with van der Waals surface area (Å²) in [6, 6.07) is 21.3. The van der Waals surface area contributed by atoms with E-state index in [2.05, 4.69) is 10.6 Å². The maximum Gasteiger partial charge on any atom is 0.416 e. The fourth-order valence-corrected chi connectivity index (χ4v) is 8.38. The van der Waals surface area contributed by atoms with Crippen molar-refractivity contribution in [1.82, 2.24) is 29.9 Å². The van der Waals surface area contributed by atoms with Gasteiger partial charge in [0.15, 0.2) is 11.6 Å². The number of urea groups is 2. The number of hydrogen-bond donors (Lipinski definition) is 3. The molecule has 4 saturated heterocycles. The molecule has 2 aromatic heterocycles. The summed E-state index contributed by atoms with van der Waals surface area (Å²) in [5.74, 6) is 2.60. The Bertz CT molecular complexity index is 2770. The van der Waals surface area contributed by atoms with Gasteiger partial charge in [-0.1, -0.05) is 0 Å². The number of nitrogens with zero attached hydrogens (tertiary/aromatic N) is 12. The highest BCUT2D eigenvalue weighted by molar-refractivity contribution is 6.13. The molecule has 10 rings (SSSR count). The van der Waals surface area contributed by atoms with Gasteiger partial charge >= 0.3 is 18.2 Å². The first kappa shape index (κ1) is 48.7. The number of morpholine rings is 4. The zero-order valence-corrected chi connectivity index (χ0v) is 39.4. The lowest BCUT2D eigenvalue weighted by atomic mass is 10.1. The molecule has 4 amide bonds. The maximum atomic E-state index is 14.9. The van der Waals surface area contributed by atoms with E-state index in [4.69, 9.17) is 48.9 Å². The molecule has 380 valence electrons. The van der Waals surface area contributed by atoms with E-state index in [9.17, 15) is 27.9 Å². The van der Waals surface area contributed by atoms with E-state index in [1.807, 2.05) is 19.6 Å². The lowest BCUT2D eigenvalue weighted by molar-refractivity contribution is -0.137. The van der Waals surface area contributed by atoms with E-state index in [1.54, 1.807) is 48.5 Å². The molecule has 4 aromatic carbocycles. The molecular weight excluding hydrogens is 954 g/mol. The van der Waals surface area contributed by atoms with E-state index >= 15 is 0 Å². The number of ether oxygens (including phenoxy) is 4. The Morgan fingerprint density at radius 2 is 0.753 bits per heavy atom. The van der Waals surface area contributed by atoms with Crippen molar-refractivity contribution in [2.75, 3.05) is 145 Å². The average Bonchev–Trinajstić information content (AvgIpc) is 3.43. The van der Waals surface area contributed by atoms with Gasteiger partial charge in [0.1, 0.15) is 5.75 Å². The molecule has 4 aliphatic rings. The summed E-state index contributed by atoms with van der Waals surface area (Å²) in [5.41, 5.74) is 0.875. The van der Waals surface area contributed by atoms with Gasteiger partial charge in [-0.25, -0.2) is 9.59 Å². The number of amides is 4. The van der Waals surface area contributed by atoms with Crippen LogP contribution in [0.4, 0.5) is 69.3 Å². The van der Waals surface area contributed by atoms with Crippen molar-refractivity contribution in [3.63, 3.8) is 0 Å². The number of halogens is 3. The van der Waals surface area contributed by atoms with Gasteiger partial charge in [-0.2, -0.15) is 53.1 Å². The van der Waals surface area contributed by atoms with Gasteiger partial charge in [0.2, 0.25) is 23.8 Å². The van der Waals surface area contributed by atoms with Crippen molar-refractivity contribution in [3.8, 4) is 28.5 Å². The number of nitrogens with one attached hydrogen (secondary N) is 2. The first-order valence-electron chi connectivity index (χ1n) is 23.7. The summed E-state index contributed by atoms with van der Waals surface area (Å²) in [5, 5.41) is 17.7. The third-order valence-corrected chi connectivity index (χ3v) is 12.3. The van der Waals surface area contributed by atoms with Crippen LogP contribution in [0.2, 0.25) is 0 Å². The van der Waals surface area contributed by atoms with Crippen molar-refractivity contribution in [2.45, 2.75) is 6.18 Å². The summed E-state index contributed by atoms with van der Waals surface area (Å²) in [6.07, 6.45) is -4.62. The molecule has 4 fully saturated rings. The summed E-state index contributed by atoms with van der Waals surface area (Å²) < 4.78 is 63.3. The second-order valence-electron chi connectivity index (χ2n) is 17.1. The Labute approximate surface area is 417 Å². The number of phenols is 1. The number of rotatable bonds is 10. The summed E-state index contributed by atoms with van der Waals surface area (Å²) in [6.45, 7) is 8.76.